The summed E-state index contributed by atoms with van der Waals surface area (Å²) in [4.78, 5) is 14.8. The smallest absolute Gasteiger partial charge is 0.226 e. The van der Waals surface area contributed by atoms with E-state index in [0.717, 1.165) is 73.3 Å². The van der Waals surface area contributed by atoms with Crippen molar-refractivity contribution in [2.24, 2.45) is 5.73 Å². The second kappa shape index (κ2) is 27.3. The van der Waals surface area contributed by atoms with Crippen LogP contribution < -0.4 is 21.7 Å². The topological polar surface area (TPSA) is 123 Å². The molecule has 5 aromatic carbocycles. The summed E-state index contributed by atoms with van der Waals surface area (Å²) in [7, 11) is 0. The van der Waals surface area contributed by atoms with Gasteiger partial charge < -0.3 is 36.8 Å². The van der Waals surface area contributed by atoms with Crippen LogP contribution in [-0.2, 0) is 50.0 Å². The molecular formula is C52H67F4N5O3. The van der Waals surface area contributed by atoms with Crippen molar-refractivity contribution in [2.75, 3.05) is 31.5 Å². The van der Waals surface area contributed by atoms with Crippen molar-refractivity contribution in [1.82, 2.24) is 15.5 Å². The van der Waals surface area contributed by atoms with Crippen LogP contribution in [0.2, 0.25) is 0 Å². The third-order valence-electron chi connectivity index (χ3n) is 10.9. The number of hydrogen-bond donors (Lipinski definition) is 6. The van der Waals surface area contributed by atoms with Gasteiger partial charge in [-0.25, -0.2) is 17.6 Å². The summed E-state index contributed by atoms with van der Waals surface area (Å²) in [6.07, 6.45) is 2.81. The van der Waals surface area contributed by atoms with Gasteiger partial charge in [-0.15, -0.1) is 0 Å². The highest BCUT2D eigenvalue weighted by Gasteiger charge is 2.22. The Morgan fingerprint density at radius 1 is 0.578 bits per heavy atom. The fraction of sp³-hybridized carbons (Fsp3) is 0.404. The number of aliphatic hydroxyl groups excluding tert-OH is 2. The van der Waals surface area contributed by atoms with E-state index < -0.39 is 47.6 Å². The Balaban J connectivity index is 0.000000318. The van der Waals surface area contributed by atoms with Crippen LogP contribution in [0.5, 0.6) is 0 Å². The van der Waals surface area contributed by atoms with Crippen molar-refractivity contribution in [3.63, 3.8) is 0 Å². The first-order chi connectivity index (χ1) is 30.8. The van der Waals surface area contributed by atoms with Crippen LogP contribution in [0.3, 0.4) is 0 Å². The molecule has 5 rings (SSSR count). The largest absolute Gasteiger partial charge is 0.390 e. The number of rotatable bonds is 24. The molecule has 0 spiro atoms. The van der Waals surface area contributed by atoms with Gasteiger partial charge in [0.25, 0.3) is 0 Å². The van der Waals surface area contributed by atoms with E-state index in [4.69, 9.17) is 5.73 Å². The molecule has 7 N–H and O–H groups in total. The van der Waals surface area contributed by atoms with Gasteiger partial charge in [-0.2, -0.15) is 0 Å². The first kappa shape index (κ1) is 51.5. The van der Waals surface area contributed by atoms with Crippen molar-refractivity contribution in [3.05, 3.63) is 171 Å². The highest BCUT2D eigenvalue weighted by molar-refractivity contribution is 5.79. The second-order valence-corrected chi connectivity index (χ2v) is 16.4. The molecule has 0 unspecified atom stereocenters. The van der Waals surface area contributed by atoms with Gasteiger partial charge in [-0.3, -0.25) is 4.79 Å². The maximum absolute atomic E-state index is 13.9. The van der Waals surface area contributed by atoms with E-state index in [9.17, 15) is 32.6 Å². The van der Waals surface area contributed by atoms with Gasteiger partial charge in [0.2, 0.25) is 5.91 Å². The fourth-order valence-electron chi connectivity index (χ4n) is 7.52. The van der Waals surface area contributed by atoms with Gasteiger partial charge in [0.1, 0.15) is 23.3 Å². The molecule has 8 nitrogen and oxygen atoms in total. The Morgan fingerprint density at radius 3 is 1.53 bits per heavy atom. The first-order valence-corrected chi connectivity index (χ1v) is 22.5. The van der Waals surface area contributed by atoms with Crippen LogP contribution in [0.15, 0.2) is 109 Å². The molecule has 346 valence electrons. The predicted molar refractivity (Wildman–Crippen MR) is 250 cm³/mol. The summed E-state index contributed by atoms with van der Waals surface area (Å²) >= 11 is 0. The molecule has 0 heterocycles. The Labute approximate surface area is 377 Å². The number of nitrogens with one attached hydrogen (secondary N) is 3. The lowest BCUT2D eigenvalue weighted by atomic mass is 9.99. The molecule has 1 amide bonds. The fourth-order valence-corrected chi connectivity index (χ4v) is 7.52. The summed E-state index contributed by atoms with van der Waals surface area (Å²) in [6, 6.07) is 29.7. The zero-order chi connectivity index (χ0) is 46.4. The quantitative estimate of drug-likeness (QED) is 0.0344. The van der Waals surface area contributed by atoms with E-state index in [1.807, 2.05) is 53.4 Å². The van der Waals surface area contributed by atoms with E-state index >= 15 is 0 Å². The van der Waals surface area contributed by atoms with Crippen molar-refractivity contribution in [3.8, 4) is 0 Å². The Kier molecular flexibility index (Phi) is 22.0. The van der Waals surface area contributed by atoms with E-state index in [0.29, 0.717) is 30.8 Å². The summed E-state index contributed by atoms with van der Waals surface area (Å²) in [5, 5.41) is 31.1. The molecular weight excluding hydrogens is 819 g/mol. The zero-order valence-corrected chi connectivity index (χ0v) is 37.7. The van der Waals surface area contributed by atoms with Gasteiger partial charge in [-0.05, 0) is 114 Å². The van der Waals surface area contributed by atoms with Crippen LogP contribution in [0.1, 0.15) is 79.5 Å². The Hall–Kier alpha value is -5.11. The average molecular weight is 886 g/mol. The average Bonchev–Trinajstić information content (AvgIpc) is 3.26. The van der Waals surface area contributed by atoms with Gasteiger partial charge in [0.15, 0.2) is 0 Å². The molecule has 0 saturated carbocycles. The Bertz CT molecular complexity index is 2130. The minimum Gasteiger partial charge on any atom is -0.390 e. The van der Waals surface area contributed by atoms with Crippen LogP contribution >= 0.6 is 0 Å². The number of benzene rings is 5. The number of nitrogens with two attached hydrogens (primary N) is 1. The molecule has 0 aliphatic rings. The highest BCUT2D eigenvalue weighted by atomic mass is 19.1. The summed E-state index contributed by atoms with van der Waals surface area (Å²) in [5.74, 6) is -2.49. The lowest BCUT2D eigenvalue weighted by Crippen LogP contribution is -2.43. The molecule has 0 radical (unpaired) electrons. The second-order valence-electron chi connectivity index (χ2n) is 16.4. The lowest BCUT2D eigenvalue weighted by Gasteiger charge is -2.26. The van der Waals surface area contributed by atoms with Crippen molar-refractivity contribution < 1.29 is 32.6 Å². The van der Waals surface area contributed by atoms with Crippen LogP contribution in [0, 0.1) is 23.3 Å². The van der Waals surface area contributed by atoms with Crippen molar-refractivity contribution in [2.45, 2.75) is 110 Å². The van der Waals surface area contributed by atoms with Gasteiger partial charge in [-0.1, -0.05) is 88.4 Å². The summed E-state index contributed by atoms with van der Waals surface area (Å²) in [5.41, 5.74) is 13.2. The molecule has 0 aliphatic carbocycles. The number of anilines is 1. The molecule has 0 bridgehead atoms. The lowest BCUT2D eigenvalue weighted by molar-refractivity contribution is -0.130. The molecule has 64 heavy (non-hydrogen) atoms. The maximum atomic E-state index is 13.9. The molecule has 0 aliphatic heterocycles. The summed E-state index contributed by atoms with van der Waals surface area (Å²) < 4.78 is 54.2. The predicted octanol–water partition coefficient (Wildman–Crippen LogP) is 8.44. The number of aliphatic hydroxyl groups is 2. The highest BCUT2D eigenvalue weighted by Crippen LogP contribution is 2.19. The normalized spacial score (nSPS) is 13.0. The third-order valence-corrected chi connectivity index (χ3v) is 10.9. The minimum absolute atomic E-state index is 0.0870. The Morgan fingerprint density at radius 2 is 1.03 bits per heavy atom. The number of carbonyl (C=O) groups is 1. The van der Waals surface area contributed by atoms with Crippen LogP contribution in [-0.4, -0.2) is 71.5 Å². The standard InChI is InChI=1S/C33H43F2N3O2.C19H24F2N2O/c1-4-13-38(14-5-2)33(40)20-25-10-8-12-30(18-25)37-31(19-27-16-28(34)21-29(35)17-27)32(39)23-36-22-26-11-7-9-24(6-3)15-26;1-2-13-4-3-5-14(6-13)11-23-12-19(24)18(22)9-15-7-16(20)10-17(21)8-15/h7-12,15-18,21,31-32,36-37,39H,4-6,13-14,19-20,22-23H2,1-3H3;3-8,10,18-19,23-24H,2,9,11-12,22H2,1H3/t31-,32+;18-,19+/m00/s1. The SMILES string of the molecule is CCCN(CCC)C(=O)Cc1cccc(N[C@@H](Cc2cc(F)cc(F)c2)[C@H](O)CNCc2cccc(CC)c2)c1.CCc1cccc(CNC[C@@H](O)[C@@H](N)Cc2cc(F)cc(F)c2)c1. The van der Waals surface area contributed by atoms with Gasteiger partial charge >= 0.3 is 0 Å². The van der Waals surface area contributed by atoms with E-state index in [1.54, 1.807) is 0 Å². The number of amides is 1. The monoisotopic (exact) mass is 886 g/mol. The number of halogens is 4. The van der Waals surface area contributed by atoms with Crippen molar-refractivity contribution >= 4 is 11.6 Å². The zero-order valence-electron chi connectivity index (χ0n) is 37.7. The van der Waals surface area contributed by atoms with E-state index in [-0.39, 0.29) is 31.7 Å². The van der Waals surface area contributed by atoms with Gasteiger partial charge in [0.05, 0.1) is 24.7 Å². The molecule has 12 heteroatoms. The maximum Gasteiger partial charge on any atom is 0.226 e. The molecule has 0 saturated heterocycles. The van der Waals surface area contributed by atoms with E-state index in [2.05, 4.69) is 67.9 Å². The molecule has 4 atom stereocenters. The number of carbonyl (C=O) groups excluding carboxylic acids is 1. The van der Waals surface area contributed by atoms with Crippen LogP contribution in [0.4, 0.5) is 23.2 Å². The van der Waals surface area contributed by atoms with Crippen molar-refractivity contribution in [1.29, 1.82) is 0 Å². The molecule has 0 aromatic heterocycles. The first-order valence-electron chi connectivity index (χ1n) is 22.5. The molecule has 5 aromatic rings. The van der Waals surface area contributed by atoms with Gasteiger partial charge in [0, 0.05) is 63.1 Å². The van der Waals surface area contributed by atoms with E-state index in [1.165, 1.54) is 35.4 Å². The third kappa shape index (κ3) is 18.2. The number of hydrogen-bond acceptors (Lipinski definition) is 7. The number of aryl methyl sites for hydroxylation is 2. The minimum atomic E-state index is -0.851. The number of nitrogens with zero attached hydrogens (tertiary/aromatic N) is 1. The summed E-state index contributed by atoms with van der Waals surface area (Å²) in [6.45, 7) is 11.6. The molecule has 0 fully saturated rings. The van der Waals surface area contributed by atoms with Crippen LogP contribution in [0.25, 0.3) is 0 Å².